The van der Waals surface area contributed by atoms with Crippen LogP contribution in [0.1, 0.15) is 24.0 Å². The smallest absolute Gasteiger partial charge is 0.410 e. The standard InChI is InChI=1S/C28H24BrClFN3O4/c29-20-14-23(21(30)15-22(20)31)32-25(35)26(36)34-17-28(19-8-4-5-9-24(19)34)10-12-33(13-11-28)27(37)38-16-18-6-2-1-3-7-18/h1-9,14-15H,10-13,16-17H2,(H,32,35). The van der Waals surface area contributed by atoms with Crippen LogP contribution in [-0.2, 0) is 26.3 Å². The zero-order chi connectivity index (χ0) is 26.9. The summed E-state index contributed by atoms with van der Waals surface area (Å²) in [6.07, 6.45) is 0.865. The maximum absolute atomic E-state index is 13.7. The SMILES string of the molecule is O=C(Nc1cc(Br)c(F)cc1Cl)C(=O)N1CC2(CCN(C(=O)OCc3ccccc3)CC2)c2ccccc21. The number of rotatable bonds is 3. The number of para-hydroxylation sites is 1. The molecule has 3 aromatic rings. The predicted octanol–water partition coefficient (Wildman–Crippen LogP) is 5.90. The van der Waals surface area contributed by atoms with Crippen LogP contribution >= 0.6 is 27.5 Å². The van der Waals surface area contributed by atoms with Crippen LogP contribution in [0.3, 0.4) is 0 Å². The number of ether oxygens (including phenoxy) is 1. The van der Waals surface area contributed by atoms with Crippen molar-refractivity contribution in [2.24, 2.45) is 0 Å². The van der Waals surface area contributed by atoms with Crippen LogP contribution in [0.5, 0.6) is 0 Å². The highest BCUT2D eigenvalue weighted by molar-refractivity contribution is 9.10. The number of anilines is 2. The lowest BCUT2D eigenvalue weighted by Gasteiger charge is -2.39. The van der Waals surface area contributed by atoms with Crippen molar-refractivity contribution in [1.82, 2.24) is 4.90 Å². The van der Waals surface area contributed by atoms with Gasteiger partial charge < -0.3 is 19.9 Å². The summed E-state index contributed by atoms with van der Waals surface area (Å²) >= 11 is 9.12. The topological polar surface area (TPSA) is 79.0 Å². The van der Waals surface area contributed by atoms with E-state index in [1.165, 1.54) is 11.0 Å². The fourth-order valence-corrected chi connectivity index (χ4v) is 5.62. The molecular formula is C28H24BrClFN3O4. The molecule has 0 aromatic heterocycles. The minimum Gasteiger partial charge on any atom is -0.445 e. The van der Waals surface area contributed by atoms with E-state index >= 15 is 0 Å². The van der Waals surface area contributed by atoms with Crippen molar-refractivity contribution in [3.8, 4) is 0 Å². The molecule has 3 aromatic carbocycles. The van der Waals surface area contributed by atoms with E-state index in [1.807, 2.05) is 54.6 Å². The Hall–Kier alpha value is -3.43. The van der Waals surface area contributed by atoms with Gasteiger partial charge in [-0.2, -0.15) is 0 Å². The van der Waals surface area contributed by atoms with Crippen LogP contribution < -0.4 is 10.2 Å². The van der Waals surface area contributed by atoms with E-state index in [1.54, 1.807) is 4.90 Å². The fourth-order valence-electron chi connectivity index (χ4n) is 5.08. The number of hydrogen-bond donors (Lipinski definition) is 1. The van der Waals surface area contributed by atoms with Crippen LogP contribution in [0, 0.1) is 5.82 Å². The molecule has 0 bridgehead atoms. The van der Waals surface area contributed by atoms with Crippen LogP contribution in [-0.4, -0.2) is 42.4 Å². The van der Waals surface area contributed by atoms with Crippen molar-refractivity contribution >= 4 is 56.8 Å². The molecule has 10 heteroatoms. The van der Waals surface area contributed by atoms with Crippen molar-refractivity contribution in [2.75, 3.05) is 29.9 Å². The summed E-state index contributed by atoms with van der Waals surface area (Å²) in [4.78, 5) is 42.0. The Morgan fingerprint density at radius 2 is 1.71 bits per heavy atom. The number of carbonyl (C=O) groups excluding carboxylic acids is 3. The zero-order valence-corrected chi connectivity index (χ0v) is 22.6. The van der Waals surface area contributed by atoms with Gasteiger partial charge in [0.05, 0.1) is 15.2 Å². The molecule has 2 aliphatic heterocycles. The second kappa shape index (κ2) is 10.7. The van der Waals surface area contributed by atoms with Gasteiger partial charge in [0.25, 0.3) is 0 Å². The maximum Gasteiger partial charge on any atom is 0.410 e. The van der Waals surface area contributed by atoms with Crippen LogP contribution in [0.4, 0.5) is 20.6 Å². The normalized spacial score (nSPS) is 15.8. The van der Waals surface area contributed by atoms with Crippen LogP contribution in [0.2, 0.25) is 5.02 Å². The molecule has 0 unspecified atom stereocenters. The molecule has 0 aliphatic carbocycles. The van der Waals surface area contributed by atoms with Gasteiger partial charge in [-0.15, -0.1) is 0 Å². The minimum absolute atomic E-state index is 0.0170. The van der Waals surface area contributed by atoms with Gasteiger partial charge in [0, 0.05) is 30.7 Å². The summed E-state index contributed by atoms with van der Waals surface area (Å²) < 4.78 is 19.3. The summed E-state index contributed by atoms with van der Waals surface area (Å²) in [5.41, 5.74) is 2.29. The number of fused-ring (bicyclic) bond motifs is 2. The molecule has 196 valence electrons. The van der Waals surface area contributed by atoms with Gasteiger partial charge >= 0.3 is 17.9 Å². The van der Waals surface area contributed by atoms with Gasteiger partial charge in [0.2, 0.25) is 0 Å². The molecule has 1 spiro atoms. The second-order valence-electron chi connectivity index (χ2n) is 9.42. The van der Waals surface area contributed by atoms with Crippen molar-refractivity contribution in [2.45, 2.75) is 24.9 Å². The number of carbonyl (C=O) groups is 3. The molecule has 0 atom stereocenters. The first-order valence-electron chi connectivity index (χ1n) is 12.1. The van der Waals surface area contributed by atoms with Crippen molar-refractivity contribution in [3.63, 3.8) is 0 Å². The average Bonchev–Trinajstić information content (AvgIpc) is 3.24. The van der Waals surface area contributed by atoms with Gasteiger partial charge in [-0.05, 0) is 58.1 Å². The van der Waals surface area contributed by atoms with E-state index in [9.17, 15) is 18.8 Å². The number of likely N-dealkylation sites (tertiary alicyclic amines) is 1. The molecule has 3 amide bonds. The molecular weight excluding hydrogens is 577 g/mol. The van der Waals surface area contributed by atoms with E-state index in [2.05, 4.69) is 21.2 Å². The molecule has 1 N–H and O–H groups in total. The quantitative estimate of drug-likeness (QED) is 0.300. The lowest BCUT2D eigenvalue weighted by molar-refractivity contribution is -0.134. The van der Waals surface area contributed by atoms with Gasteiger partial charge in [-0.1, -0.05) is 60.1 Å². The number of hydrogen-bond acceptors (Lipinski definition) is 4. The van der Waals surface area contributed by atoms with Crippen molar-refractivity contribution < 1.29 is 23.5 Å². The predicted molar refractivity (Wildman–Crippen MR) is 146 cm³/mol. The van der Waals surface area contributed by atoms with Crippen molar-refractivity contribution in [3.05, 3.63) is 93.2 Å². The number of piperidine rings is 1. The molecule has 7 nitrogen and oxygen atoms in total. The Kier molecular flexibility index (Phi) is 7.40. The Morgan fingerprint density at radius 1 is 1.03 bits per heavy atom. The van der Waals surface area contributed by atoms with Gasteiger partial charge in [-0.25, -0.2) is 9.18 Å². The molecule has 2 aliphatic rings. The largest absolute Gasteiger partial charge is 0.445 e. The van der Waals surface area contributed by atoms with Crippen LogP contribution in [0.15, 0.2) is 71.2 Å². The van der Waals surface area contributed by atoms with Gasteiger partial charge in [-0.3, -0.25) is 9.59 Å². The van der Waals surface area contributed by atoms with E-state index in [0.717, 1.165) is 17.2 Å². The number of nitrogens with one attached hydrogen (secondary N) is 1. The first-order chi connectivity index (χ1) is 18.3. The van der Waals surface area contributed by atoms with E-state index in [4.69, 9.17) is 16.3 Å². The average molecular weight is 601 g/mol. The monoisotopic (exact) mass is 599 g/mol. The Balaban J connectivity index is 1.27. The highest BCUT2D eigenvalue weighted by Crippen LogP contribution is 2.47. The molecule has 1 saturated heterocycles. The zero-order valence-electron chi connectivity index (χ0n) is 20.3. The lowest BCUT2D eigenvalue weighted by atomic mass is 9.74. The van der Waals surface area contributed by atoms with E-state index < -0.39 is 17.6 Å². The molecule has 1 fully saturated rings. The minimum atomic E-state index is -0.876. The Bertz CT molecular complexity index is 1400. The number of halogens is 3. The fraction of sp³-hybridized carbons (Fsp3) is 0.250. The van der Waals surface area contributed by atoms with E-state index in [-0.39, 0.29) is 33.3 Å². The van der Waals surface area contributed by atoms with Crippen LogP contribution in [0.25, 0.3) is 0 Å². The molecule has 2 heterocycles. The first kappa shape index (κ1) is 26.2. The van der Waals surface area contributed by atoms with Gasteiger partial charge in [0.1, 0.15) is 12.4 Å². The molecule has 0 saturated carbocycles. The third kappa shape index (κ3) is 5.13. The molecule has 38 heavy (non-hydrogen) atoms. The Morgan fingerprint density at radius 3 is 2.45 bits per heavy atom. The summed E-state index contributed by atoms with van der Waals surface area (Å²) in [6, 6.07) is 19.4. The molecule has 5 rings (SSSR count). The second-order valence-corrected chi connectivity index (χ2v) is 10.7. The summed E-state index contributed by atoms with van der Waals surface area (Å²) in [6.45, 7) is 1.45. The third-order valence-corrected chi connectivity index (χ3v) is 8.03. The lowest BCUT2D eigenvalue weighted by Crippen LogP contribution is -2.49. The van der Waals surface area contributed by atoms with Crippen molar-refractivity contribution in [1.29, 1.82) is 0 Å². The Labute approximate surface area is 232 Å². The highest BCUT2D eigenvalue weighted by atomic mass is 79.9. The summed E-state index contributed by atoms with van der Waals surface area (Å²) in [5, 5.41) is 2.48. The summed E-state index contributed by atoms with van der Waals surface area (Å²) in [7, 11) is 0. The third-order valence-electron chi connectivity index (χ3n) is 7.11. The first-order valence-corrected chi connectivity index (χ1v) is 13.3. The highest BCUT2D eigenvalue weighted by Gasteiger charge is 2.47. The number of nitrogens with zero attached hydrogens (tertiary/aromatic N) is 2. The number of benzene rings is 3. The maximum atomic E-state index is 13.7. The summed E-state index contributed by atoms with van der Waals surface area (Å²) in [5.74, 6) is -2.19. The number of amides is 3. The molecule has 0 radical (unpaired) electrons. The van der Waals surface area contributed by atoms with Gasteiger partial charge in [0.15, 0.2) is 0 Å². The van der Waals surface area contributed by atoms with E-state index in [0.29, 0.717) is 38.2 Å².